The van der Waals surface area contributed by atoms with Gasteiger partial charge in [-0.15, -0.1) is 0 Å². The average Bonchev–Trinajstić information content (AvgIpc) is 2.65. The van der Waals surface area contributed by atoms with Gasteiger partial charge >= 0.3 is 5.97 Å². The van der Waals surface area contributed by atoms with Crippen LogP contribution in [0.4, 0.5) is 5.69 Å². The van der Waals surface area contributed by atoms with Crippen molar-refractivity contribution in [1.82, 2.24) is 5.32 Å². The number of hydrogen-bond acceptors (Lipinski definition) is 4. The Morgan fingerprint density at radius 1 is 0.966 bits per heavy atom. The lowest BCUT2D eigenvalue weighted by Gasteiger charge is -2.17. The van der Waals surface area contributed by atoms with Gasteiger partial charge < -0.3 is 20.5 Å². The zero-order valence-corrected chi connectivity index (χ0v) is 17.0. The van der Waals surface area contributed by atoms with Gasteiger partial charge in [-0.05, 0) is 41.5 Å². The maximum atomic E-state index is 12.5. The van der Waals surface area contributed by atoms with Crippen molar-refractivity contribution in [2.45, 2.75) is 33.9 Å². The van der Waals surface area contributed by atoms with Crippen LogP contribution in [0.2, 0.25) is 0 Å². The van der Waals surface area contributed by atoms with Crippen molar-refractivity contribution in [2.24, 2.45) is 5.41 Å². The number of carbonyl (C=O) groups is 3. The highest BCUT2D eigenvalue weighted by molar-refractivity contribution is 6.04. The van der Waals surface area contributed by atoms with Crippen LogP contribution in [0.5, 0.6) is 0 Å². The van der Waals surface area contributed by atoms with Gasteiger partial charge in [0.15, 0.2) is 0 Å². The fraction of sp³-hybridized carbons (Fsp3) is 0.318. The second-order valence-corrected chi connectivity index (χ2v) is 7.74. The van der Waals surface area contributed by atoms with Crippen LogP contribution in [0.15, 0.2) is 42.5 Å². The van der Waals surface area contributed by atoms with Gasteiger partial charge in [0.05, 0.1) is 12.2 Å². The van der Waals surface area contributed by atoms with E-state index in [0.717, 1.165) is 5.56 Å². The first-order valence-electron chi connectivity index (χ1n) is 9.15. The first-order valence-corrected chi connectivity index (χ1v) is 9.15. The van der Waals surface area contributed by atoms with E-state index in [0.29, 0.717) is 23.4 Å². The van der Waals surface area contributed by atoms with Gasteiger partial charge in [-0.1, -0.05) is 32.9 Å². The molecule has 2 aromatic carbocycles. The van der Waals surface area contributed by atoms with E-state index >= 15 is 0 Å². The van der Waals surface area contributed by atoms with E-state index in [4.69, 9.17) is 4.74 Å². The van der Waals surface area contributed by atoms with Gasteiger partial charge in [0.1, 0.15) is 0 Å². The van der Waals surface area contributed by atoms with Crippen molar-refractivity contribution in [3.63, 3.8) is 0 Å². The number of hydrogen-bond donors (Lipinski definition) is 3. The van der Waals surface area contributed by atoms with E-state index in [1.54, 1.807) is 30.3 Å². The van der Waals surface area contributed by atoms with Gasteiger partial charge in [0.2, 0.25) is 5.91 Å². The van der Waals surface area contributed by atoms with E-state index in [2.05, 4.69) is 10.6 Å². The molecule has 2 aromatic rings. The number of anilines is 1. The third kappa shape index (κ3) is 6.43. The molecule has 2 rings (SSSR count). The zero-order chi connectivity index (χ0) is 21.6. The third-order valence-electron chi connectivity index (χ3n) is 4.16. The molecule has 0 saturated carbocycles. The molecule has 7 heteroatoms. The van der Waals surface area contributed by atoms with Gasteiger partial charge in [-0.25, -0.2) is 4.79 Å². The van der Waals surface area contributed by atoms with Crippen molar-refractivity contribution < 1.29 is 24.2 Å². The Bertz CT molecular complexity index is 898. The lowest BCUT2D eigenvalue weighted by Crippen LogP contribution is -2.34. The van der Waals surface area contributed by atoms with E-state index < -0.39 is 11.4 Å². The number of methoxy groups -OCH3 is 1. The Morgan fingerprint density at radius 3 is 2.17 bits per heavy atom. The molecule has 154 valence electrons. The zero-order valence-electron chi connectivity index (χ0n) is 17.0. The molecule has 29 heavy (non-hydrogen) atoms. The van der Waals surface area contributed by atoms with Crippen molar-refractivity contribution in [3.8, 4) is 0 Å². The monoisotopic (exact) mass is 398 g/mol. The SMILES string of the molecule is COCc1cc(NC(=O)c2ccc(CNC(=O)C(C)(C)C)cc2)cc(C(=O)O)c1. The van der Waals surface area contributed by atoms with Crippen LogP contribution >= 0.6 is 0 Å². The molecule has 0 aliphatic rings. The molecule has 2 amide bonds. The Balaban J connectivity index is 2.07. The molecule has 3 N–H and O–H groups in total. The first kappa shape index (κ1) is 22.1. The number of benzene rings is 2. The summed E-state index contributed by atoms with van der Waals surface area (Å²) >= 11 is 0. The van der Waals surface area contributed by atoms with Gasteiger partial charge in [0.25, 0.3) is 5.91 Å². The highest BCUT2D eigenvalue weighted by Crippen LogP contribution is 2.18. The highest BCUT2D eigenvalue weighted by Gasteiger charge is 2.20. The molecular formula is C22H26N2O5. The van der Waals surface area contributed by atoms with Crippen LogP contribution in [0, 0.1) is 5.41 Å². The summed E-state index contributed by atoms with van der Waals surface area (Å²) < 4.78 is 5.05. The van der Waals surface area contributed by atoms with Crippen LogP contribution in [0.3, 0.4) is 0 Å². The normalized spacial score (nSPS) is 11.0. The number of ether oxygens (including phenoxy) is 1. The van der Waals surface area contributed by atoms with Crippen LogP contribution in [-0.4, -0.2) is 30.0 Å². The van der Waals surface area contributed by atoms with Crippen LogP contribution in [0.25, 0.3) is 0 Å². The Labute approximate surface area is 170 Å². The number of aromatic carboxylic acids is 1. The molecule has 0 aromatic heterocycles. The van der Waals surface area contributed by atoms with Crippen molar-refractivity contribution in [2.75, 3.05) is 12.4 Å². The lowest BCUT2D eigenvalue weighted by molar-refractivity contribution is -0.128. The van der Waals surface area contributed by atoms with E-state index in [-0.39, 0.29) is 24.0 Å². The second-order valence-electron chi connectivity index (χ2n) is 7.74. The molecule has 7 nitrogen and oxygen atoms in total. The first-order chi connectivity index (χ1) is 13.6. The minimum absolute atomic E-state index is 0.0514. The summed E-state index contributed by atoms with van der Waals surface area (Å²) in [6.45, 7) is 6.13. The summed E-state index contributed by atoms with van der Waals surface area (Å²) in [7, 11) is 1.51. The van der Waals surface area contributed by atoms with E-state index in [1.165, 1.54) is 19.2 Å². The molecule has 0 heterocycles. The minimum atomic E-state index is -1.08. The van der Waals surface area contributed by atoms with E-state index in [1.807, 2.05) is 20.8 Å². The predicted octanol–water partition coefficient (Wildman–Crippen LogP) is 3.45. The number of carboxylic acid groups (broad SMARTS) is 1. The molecule has 0 bridgehead atoms. The smallest absolute Gasteiger partial charge is 0.335 e. The molecular weight excluding hydrogens is 372 g/mol. The fourth-order valence-electron chi connectivity index (χ4n) is 2.56. The van der Waals surface area contributed by atoms with Crippen LogP contribution in [-0.2, 0) is 22.7 Å². The molecule has 0 saturated heterocycles. The third-order valence-corrected chi connectivity index (χ3v) is 4.16. The summed E-state index contributed by atoms with van der Waals surface area (Å²) in [4.78, 5) is 35.7. The van der Waals surface area contributed by atoms with Crippen LogP contribution in [0.1, 0.15) is 52.6 Å². The molecule has 0 aliphatic heterocycles. The molecule has 0 unspecified atom stereocenters. The number of carboxylic acids is 1. The summed E-state index contributed by atoms with van der Waals surface area (Å²) in [6.07, 6.45) is 0. The molecule has 0 spiro atoms. The Hall–Kier alpha value is -3.19. The summed E-state index contributed by atoms with van der Waals surface area (Å²) in [5.74, 6) is -1.49. The fourth-order valence-corrected chi connectivity index (χ4v) is 2.56. The summed E-state index contributed by atoms with van der Waals surface area (Å²) in [5, 5.41) is 14.8. The van der Waals surface area contributed by atoms with Gasteiger partial charge in [-0.2, -0.15) is 0 Å². The maximum absolute atomic E-state index is 12.5. The van der Waals surface area contributed by atoms with Crippen molar-refractivity contribution in [3.05, 3.63) is 64.7 Å². The number of rotatable bonds is 7. The minimum Gasteiger partial charge on any atom is -0.478 e. The van der Waals surface area contributed by atoms with E-state index in [9.17, 15) is 19.5 Å². The van der Waals surface area contributed by atoms with Gasteiger partial charge in [0, 0.05) is 30.3 Å². The second kappa shape index (κ2) is 9.34. The Morgan fingerprint density at radius 2 is 1.62 bits per heavy atom. The molecule has 0 radical (unpaired) electrons. The largest absolute Gasteiger partial charge is 0.478 e. The quantitative estimate of drug-likeness (QED) is 0.663. The Kier molecular flexibility index (Phi) is 7.12. The molecule has 0 atom stereocenters. The molecule has 0 fully saturated rings. The number of amides is 2. The average molecular weight is 398 g/mol. The predicted molar refractivity (Wildman–Crippen MR) is 110 cm³/mol. The number of nitrogens with one attached hydrogen (secondary N) is 2. The lowest BCUT2D eigenvalue weighted by atomic mass is 9.95. The highest BCUT2D eigenvalue weighted by atomic mass is 16.5. The molecule has 0 aliphatic carbocycles. The van der Waals surface area contributed by atoms with Crippen LogP contribution < -0.4 is 10.6 Å². The van der Waals surface area contributed by atoms with Crippen molar-refractivity contribution >= 4 is 23.5 Å². The topological polar surface area (TPSA) is 105 Å². The standard InChI is InChI=1S/C22H26N2O5/c1-22(2,3)21(28)23-12-14-5-7-16(8-6-14)19(25)24-18-10-15(13-29-4)9-17(11-18)20(26)27/h5-11H,12-13H2,1-4H3,(H,23,28)(H,24,25)(H,26,27). The number of carbonyl (C=O) groups excluding carboxylic acids is 2. The van der Waals surface area contributed by atoms with Crippen molar-refractivity contribution in [1.29, 1.82) is 0 Å². The van der Waals surface area contributed by atoms with Gasteiger partial charge in [-0.3, -0.25) is 9.59 Å². The maximum Gasteiger partial charge on any atom is 0.335 e. The summed E-state index contributed by atoms with van der Waals surface area (Å²) in [6, 6.07) is 11.4. The summed E-state index contributed by atoms with van der Waals surface area (Å²) in [5.41, 5.74) is 1.92.